The van der Waals surface area contributed by atoms with Crippen LogP contribution in [0.15, 0.2) is 23.8 Å². The molecule has 4 aliphatic carbocycles. The summed E-state index contributed by atoms with van der Waals surface area (Å²) >= 11 is 0. The molecule has 4 rings (SSSR count). The van der Waals surface area contributed by atoms with Crippen molar-refractivity contribution < 1.29 is 14.3 Å². The van der Waals surface area contributed by atoms with Crippen molar-refractivity contribution in [2.45, 2.75) is 59.8 Å². The highest BCUT2D eigenvalue weighted by Gasteiger charge is 2.62. The number of esters is 1. The van der Waals surface area contributed by atoms with Gasteiger partial charge in [0, 0.05) is 5.41 Å². The summed E-state index contributed by atoms with van der Waals surface area (Å²) in [6.45, 7) is 9.31. The van der Waals surface area contributed by atoms with E-state index in [-0.39, 0.29) is 28.5 Å². The van der Waals surface area contributed by atoms with E-state index in [1.807, 2.05) is 13.0 Å². The van der Waals surface area contributed by atoms with Crippen LogP contribution in [0.1, 0.15) is 59.8 Å². The highest BCUT2D eigenvalue weighted by Crippen LogP contribution is 2.67. The average Bonchev–Trinajstić information content (AvgIpc) is 2.86. The largest absolute Gasteiger partial charge is 0.466 e. The van der Waals surface area contributed by atoms with Gasteiger partial charge in [-0.2, -0.15) is 0 Å². The topological polar surface area (TPSA) is 43.4 Å². The number of carbonyl (C=O) groups excluding carboxylic acids is 2. The van der Waals surface area contributed by atoms with Gasteiger partial charge in [0.15, 0.2) is 5.78 Å². The zero-order valence-corrected chi connectivity index (χ0v) is 16.6. The van der Waals surface area contributed by atoms with Gasteiger partial charge in [-0.15, -0.1) is 0 Å². The van der Waals surface area contributed by atoms with E-state index in [1.165, 1.54) is 5.57 Å². The molecule has 3 fully saturated rings. The number of carbonyl (C=O) groups is 2. The van der Waals surface area contributed by atoms with Crippen molar-refractivity contribution in [3.05, 3.63) is 23.8 Å². The summed E-state index contributed by atoms with van der Waals surface area (Å²) in [6.07, 6.45) is 11.4. The van der Waals surface area contributed by atoms with Gasteiger partial charge in [0.1, 0.15) is 0 Å². The highest BCUT2D eigenvalue weighted by atomic mass is 16.5. The Morgan fingerprint density at radius 3 is 2.77 bits per heavy atom. The van der Waals surface area contributed by atoms with Crippen molar-refractivity contribution in [2.24, 2.45) is 40.4 Å². The summed E-state index contributed by atoms with van der Waals surface area (Å²) < 4.78 is 5.47. The summed E-state index contributed by atoms with van der Waals surface area (Å²) in [7, 11) is 0. The van der Waals surface area contributed by atoms with Crippen molar-refractivity contribution in [1.82, 2.24) is 0 Å². The second-order valence-corrected chi connectivity index (χ2v) is 9.59. The minimum atomic E-state index is 0.0224. The van der Waals surface area contributed by atoms with Gasteiger partial charge < -0.3 is 4.74 Å². The van der Waals surface area contributed by atoms with Crippen LogP contribution in [-0.4, -0.2) is 18.4 Å². The maximum Gasteiger partial charge on any atom is 0.309 e. The first-order valence-electron chi connectivity index (χ1n) is 10.4. The lowest BCUT2D eigenvalue weighted by atomic mass is 9.48. The monoisotopic (exact) mass is 356 g/mol. The average molecular weight is 357 g/mol. The predicted octanol–water partition coefficient (Wildman–Crippen LogP) is 4.72. The molecule has 26 heavy (non-hydrogen) atoms. The standard InChI is InChI=1S/C23H32O3/c1-5-26-21(25)20-14(2)12-19-17-7-6-15-13-16(24)8-10-22(15,3)18(17)9-11-23(19,20)4/h8,10,13-14,17-20H,5-7,9,11-12H2,1-4H3/t14-,17-,18+,19+,20-,22+,23+/m1/s1. The summed E-state index contributed by atoms with van der Waals surface area (Å²) in [4.78, 5) is 24.6. The Balaban J connectivity index is 1.66. The molecule has 142 valence electrons. The third-order valence-electron chi connectivity index (χ3n) is 8.44. The Bertz CT molecular complexity index is 690. The molecule has 0 spiro atoms. The van der Waals surface area contributed by atoms with E-state index in [0.717, 1.165) is 32.1 Å². The van der Waals surface area contributed by atoms with Gasteiger partial charge in [0.25, 0.3) is 0 Å². The molecule has 3 saturated carbocycles. The van der Waals surface area contributed by atoms with Crippen LogP contribution in [0.4, 0.5) is 0 Å². The van der Waals surface area contributed by atoms with Crippen molar-refractivity contribution >= 4 is 11.8 Å². The smallest absolute Gasteiger partial charge is 0.309 e. The minimum Gasteiger partial charge on any atom is -0.466 e. The Labute approximate surface area is 157 Å². The lowest BCUT2D eigenvalue weighted by Crippen LogP contribution is -2.50. The summed E-state index contributed by atoms with van der Waals surface area (Å²) in [5.41, 5.74) is 1.44. The first-order chi connectivity index (χ1) is 12.3. The van der Waals surface area contributed by atoms with Crippen molar-refractivity contribution in [3.63, 3.8) is 0 Å². The summed E-state index contributed by atoms with van der Waals surface area (Å²) in [6, 6.07) is 0. The van der Waals surface area contributed by atoms with Gasteiger partial charge >= 0.3 is 5.97 Å². The number of hydrogen-bond donors (Lipinski definition) is 0. The molecule has 0 aromatic rings. The molecular formula is C23H32O3. The van der Waals surface area contributed by atoms with E-state index in [1.54, 1.807) is 6.08 Å². The van der Waals surface area contributed by atoms with Gasteiger partial charge in [0.2, 0.25) is 0 Å². The van der Waals surface area contributed by atoms with Crippen LogP contribution in [0.2, 0.25) is 0 Å². The third kappa shape index (κ3) is 2.38. The second kappa shape index (κ2) is 6.07. The fourth-order valence-electron chi connectivity index (χ4n) is 7.30. The molecule has 0 N–H and O–H groups in total. The third-order valence-corrected chi connectivity index (χ3v) is 8.44. The number of fused-ring (bicyclic) bond motifs is 5. The minimum absolute atomic E-state index is 0.0224. The zero-order valence-electron chi connectivity index (χ0n) is 16.6. The van der Waals surface area contributed by atoms with Crippen LogP contribution in [0.5, 0.6) is 0 Å². The van der Waals surface area contributed by atoms with E-state index >= 15 is 0 Å². The van der Waals surface area contributed by atoms with E-state index in [9.17, 15) is 9.59 Å². The molecule has 0 heterocycles. The maximum absolute atomic E-state index is 12.7. The lowest BCUT2D eigenvalue weighted by molar-refractivity contribution is -0.156. The molecule has 4 aliphatic rings. The Morgan fingerprint density at radius 2 is 2.04 bits per heavy atom. The van der Waals surface area contributed by atoms with Crippen LogP contribution < -0.4 is 0 Å². The van der Waals surface area contributed by atoms with Gasteiger partial charge in [-0.05, 0) is 80.3 Å². The molecule has 3 nitrogen and oxygen atoms in total. The Kier molecular flexibility index (Phi) is 4.20. The molecule has 0 aromatic carbocycles. The summed E-state index contributed by atoms with van der Waals surface area (Å²) in [5, 5.41) is 0. The van der Waals surface area contributed by atoms with Crippen LogP contribution in [0.25, 0.3) is 0 Å². The SMILES string of the molecule is CCOC(=O)[C@H]1[C@H](C)C[C@H]2[C@@H]3CCC4=CC(=O)C=C[C@]4(C)[C@H]3CC[C@@]21C. The van der Waals surface area contributed by atoms with Crippen LogP contribution >= 0.6 is 0 Å². The molecule has 0 bridgehead atoms. The molecule has 0 saturated heterocycles. The van der Waals surface area contributed by atoms with Gasteiger partial charge in [-0.25, -0.2) is 0 Å². The molecule has 3 heteroatoms. The van der Waals surface area contributed by atoms with Gasteiger partial charge in [-0.1, -0.05) is 32.4 Å². The molecule has 0 amide bonds. The normalized spacial score (nSPS) is 46.8. The second-order valence-electron chi connectivity index (χ2n) is 9.59. The van der Waals surface area contributed by atoms with E-state index in [0.29, 0.717) is 30.3 Å². The quantitative estimate of drug-likeness (QED) is 0.673. The fraction of sp³-hybridized carbons (Fsp3) is 0.739. The number of ketones is 1. The van der Waals surface area contributed by atoms with E-state index < -0.39 is 0 Å². The maximum atomic E-state index is 12.7. The van der Waals surface area contributed by atoms with Crippen LogP contribution in [0.3, 0.4) is 0 Å². The van der Waals surface area contributed by atoms with Gasteiger partial charge in [0.05, 0.1) is 12.5 Å². The number of ether oxygens (including phenoxy) is 1. The fourth-order valence-corrected chi connectivity index (χ4v) is 7.30. The molecule has 0 unspecified atom stereocenters. The van der Waals surface area contributed by atoms with Gasteiger partial charge in [-0.3, -0.25) is 9.59 Å². The van der Waals surface area contributed by atoms with Crippen LogP contribution in [0, 0.1) is 40.4 Å². The van der Waals surface area contributed by atoms with E-state index in [2.05, 4.69) is 26.8 Å². The Morgan fingerprint density at radius 1 is 1.27 bits per heavy atom. The number of allylic oxidation sites excluding steroid dienone is 4. The first-order valence-corrected chi connectivity index (χ1v) is 10.4. The van der Waals surface area contributed by atoms with Crippen molar-refractivity contribution in [2.75, 3.05) is 6.61 Å². The number of hydrogen-bond acceptors (Lipinski definition) is 3. The number of rotatable bonds is 2. The van der Waals surface area contributed by atoms with Crippen molar-refractivity contribution in [1.29, 1.82) is 0 Å². The molecule has 0 aromatic heterocycles. The van der Waals surface area contributed by atoms with E-state index in [4.69, 9.17) is 4.74 Å². The molecular weight excluding hydrogens is 324 g/mol. The van der Waals surface area contributed by atoms with Crippen molar-refractivity contribution in [3.8, 4) is 0 Å². The lowest BCUT2D eigenvalue weighted by Gasteiger charge is -2.56. The first kappa shape index (κ1) is 18.0. The zero-order chi connectivity index (χ0) is 18.7. The molecule has 0 aliphatic heterocycles. The Hall–Kier alpha value is -1.38. The van der Waals surface area contributed by atoms with Crippen LogP contribution in [-0.2, 0) is 14.3 Å². The highest BCUT2D eigenvalue weighted by molar-refractivity contribution is 6.01. The molecule has 0 radical (unpaired) electrons. The predicted molar refractivity (Wildman–Crippen MR) is 101 cm³/mol. The summed E-state index contributed by atoms with van der Waals surface area (Å²) in [5.74, 6) is 2.45. The molecule has 7 atom stereocenters.